The molecule has 0 rings (SSSR count). The first-order valence-corrected chi connectivity index (χ1v) is 10.3. The Balaban J connectivity index is 3.69. The molecule has 0 aromatic carbocycles. The zero-order valence-corrected chi connectivity index (χ0v) is 14.3. The topological polar surface area (TPSA) is 18.5 Å². The van der Waals surface area contributed by atoms with Crippen LogP contribution < -0.4 is 0 Å². The average Bonchev–Trinajstić information content (AvgIpc) is 2.36. The lowest BCUT2D eigenvalue weighted by Crippen LogP contribution is -2.18. The molecule has 0 aliphatic heterocycles. The van der Waals surface area contributed by atoms with E-state index >= 15 is 0 Å². The molecule has 0 aromatic rings. The lowest BCUT2D eigenvalue weighted by Gasteiger charge is -2.20. The maximum Gasteiger partial charge on any atom is 0.134 e. The van der Waals surface area contributed by atoms with Gasteiger partial charge >= 0.3 is 0 Å². The van der Waals surface area contributed by atoms with Gasteiger partial charge in [0.2, 0.25) is 0 Å². The van der Waals surface area contributed by atoms with Crippen molar-refractivity contribution >= 4 is 37.9 Å². The molecule has 0 amide bonds. The van der Waals surface area contributed by atoms with Crippen molar-refractivity contribution in [2.45, 2.75) is 44.6 Å². The molecule has 0 aromatic heterocycles. The standard InChI is InChI=1S/C11H22O2P2S2/c1-5-10(3)15(17)13-9-7-8-12-11(4,6-2)14-16/h6,10,15H,2,5,7-9H2,1,3-4H3. The van der Waals surface area contributed by atoms with Crippen molar-refractivity contribution in [3.63, 3.8) is 0 Å². The predicted molar refractivity (Wildman–Crippen MR) is 84.8 cm³/mol. The summed E-state index contributed by atoms with van der Waals surface area (Å²) in [5, 5.41) is -0.409. The van der Waals surface area contributed by atoms with Crippen LogP contribution in [0.3, 0.4) is 0 Å². The molecule has 0 saturated carbocycles. The Morgan fingerprint density at radius 2 is 2.18 bits per heavy atom. The zero-order valence-electron chi connectivity index (χ0n) is 10.8. The maximum absolute atomic E-state index is 5.66. The van der Waals surface area contributed by atoms with Crippen LogP contribution in [0.2, 0.25) is 0 Å². The molecule has 0 bridgehead atoms. The molecule has 0 aliphatic rings. The summed E-state index contributed by atoms with van der Waals surface area (Å²) in [6.07, 6.45) is 3.71. The van der Waals surface area contributed by atoms with Gasteiger partial charge in [0.05, 0.1) is 20.1 Å². The van der Waals surface area contributed by atoms with E-state index in [0.29, 0.717) is 18.9 Å². The first kappa shape index (κ1) is 17.8. The van der Waals surface area contributed by atoms with E-state index in [9.17, 15) is 0 Å². The van der Waals surface area contributed by atoms with Gasteiger partial charge in [0, 0.05) is 13.0 Å². The van der Waals surface area contributed by atoms with Crippen LogP contribution in [0.1, 0.15) is 33.6 Å². The molecule has 0 radical (unpaired) electrons. The minimum absolute atomic E-state index is 0.409. The Morgan fingerprint density at radius 3 is 2.65 bits per heavy atom. The van der Waals surface area contributed by atoms with Crippen LogP contribution in [0.25, 0.3) is 0 Å². The van der Waals surface area contributed by atoms with E-state index in [1.54, 1.807) is 6.08 Å². The molecular formula is C11H22O2P2S2. The lowest BCUT2D eigenvalue weighted by atomic mass is 10.4. The summed E-state index contributed by atoms with van der Waals surface area (Å²) in [4.78, 5) is 0. The molecule has 17 heavy (non-hydrogen) atoms. The van der Waals surface area contributed by atoms with E-state index in [1.165, 1.54) is 0 Å². The van der Waals surface area contributed by atoms with Gasteiger partial charge in [-0.3, -0.25) is 0 Å². The minimum atomic E-state index is -1.06. The number of hydrogen-bond donors (Lipinski definition) is 0. The van der Waals surface area contributed by atoms with Crippen molar-refractivity contribution in [1.29, 1.82) is 0 Å². The van der Waals surface area contributed by atoms with E-state index in [-0.39, 0.29) is 0 Å². The third-order valence-corrected chi connectivity index (χ3v) is 7.53. The summed E-state index contributed by atoms with van der Waals surface area (Å²) in [5.41, 5.74) is 0.528. The predicted octanol–water partition coefficient (Wildman–Crippen LogP) is 4.11. The van der Waals surface area contributed by atoms with Crippen molar-refractivity contribution < 1.29 is 9.26 Å². The van der Waals surface area contributed by atoms with E-state index < -0.39 is 12.3 Å². The Bertz CT molecular complexity index is 264. The fourth-order valence-electron chi connectivity index (χ4n) is 0.942. The van der Waals surface area contributed by atoms with Gasteiger partial charge < -0.3 is 9.26 Å². The van der Waals surface area contributed by atoms with Crippen LogP contribution >= 0.6 is 14.3 Å². The normalized spacial score (nSPS) is 18.5. The Labute approximate surface area is 117 Å². The zero-order chi connectivity index (χ0) is 13.3. The molecular weight excluding hydrogens is 290 g/mol. The summed E-state index contributed by atoms with van der Waals surface area (Å²) in [5.74, 6) is 0. The average molecular weight is 312 g/mol. The van der Waals surface area contributed by atoms with Gasteiger partial charge in [0.25, 0.3) is 0 Å². The van der Waals surface area contributed by atoms with Gasteiger partial charge in [-0.15, -0.1) is 0 Å². The van der Waals surface area contributed by atoms with Crippen molar-refractivity contribution in [1.82, 2.24) is 0 Å². The smallest absolute Gasteiger partial charge is 0.134 e. The van der Waals surface area contributed by atoms with E-state index in [0.717, 1.165) is 20.2 Å². The second kappa shape index (κ2) is 9.72. The number of hydrogen-bond acceptors (Lipinski definition) is 4. The first-order valence-electron chi connectivity index (χ1n) is 5.77. The third-order valence-electron chi connectivity index (χ3n) is 2.50. The van der Waals surface area contributed by atoms with E-state index in [2.05, 4.69) is 20.4 Å². The summed E-state index contributed by atoms with van der Waals surface area (Å²) in [6, 6.07) is 0. The highest BCUT2D eigenvalue weighted by molar-refractivity contribution is 8.03. The van der Waals surface area contributed by atoms with E-state index in [4.69, 9.17) is 32.9 Å². The lowest BCUT2D eigenvalue weighted by molar-refractivity contribution is 0.0637. The SMILES string of the molecule is C=CC(C)(OCCCO[PH](=S)C(C)CC)P=S. The highest BCUT2D eigenvalue weighted by atomic mass is 32.4. The Hall–Kier alpha value is 0.830. The summed E-state index contributed by atoms with van der Waals surface area (Å²) < 4.78 is 11.3. The monoisotopic (exact) mass is 312 g/mol. The second-order valence-electron chi connectivity index (χ2n) is 4.03. The summed E-state index contributed by atoms with van der Waals surface area (Å²) in [6.45, 7) is 10.2. The molecule has 0 fully saturated rings. The highest BCUT2D eigenvalue weighted by Gasteiger charge is 2.17. The Morgan fingerprint density at radius 1 is 1.53 bits per heavy atom. The molecule has 100 valence electrons. The summed E-state index contributed by atoms with van der Waals surface area (Å²) >= 11 is 10.3. The molecule has 0 saturated heterocycles. The van der Waals surface area contributed by atoms with Crippen LogP contribution in [-0.2, 0) is 32.9 Å². The summed E-state index contributed by atoms with van der Waals surface area (Å²) in [7, 11) is 0.763. The van der Waals surface area contributed by atoms with Gasteiger partial charge in [-0.2, -0.15) is 0 Å². The molecule has 0 spiro atoms. The number of ether oxygens (including phenoxy) is 1. The van der Waals surface area contributed by atoms with Crippen LogP contribution in [0, 0.1) is 0 Å². The van der Waals surface area contributed by atoms with Crippen LogP contribution in [0.5, 0.6) is 0 Å². The molecule has 2 nitrogen and oxygen atoms in total. The fraction of sp³-hybridized carbons (Fsp3) is 0.818. The highest BCUT2D eigenvalue weighted by Crippen LogP contribution is 2.31. The van der Waals surface area contributed by atoms with Crippen molar-refractivity contribution in [3.05, 3.63) is 12.7 Å². The largest absolute Gasteiger partial charge is 0.362 e. The molecule has 0 N–H and O–H groups in total. The van der Waals surface area contributed by atoms with Gasteiger partial charge in [0.1, 0.15) is 5.34 Å². The first-order chi connectivity index (χ1) is 7.99. The quantitative estimate of drug-likeness (QED) is 0.343. The maximum atomic E-state index is 5.66. The Kier molecular flexibility index (Phi) is 10.2. The van der Waals surface area contributed by atoms with Crippen LogP contribution in [0.4, 0.5) is 0 Å². The fourth-order valence-corrected chi connectivity index (χ4v) is 3.26. The molecule has 0 heterocycles. The van der Waals surface area contributed by atoms with E-state index in [1.807, 2.05) is 6.92 Å². The third kappa shape index (κ3) is 7.77. The molecule has 0 aliphatic carbocycles. The van der Waals surface area contributed by atoms with Gasteiger partial charge in [-0.05, 0) is 19.8 Å². The van der Waals surface area contributed by atoms with Crippen LogP contribution in [-0.4, -0.2) is 24.2 Å². The van der Waals surface area contributed by atoms with Crippen molar-refractivity contribution in [3.8, 4) is 0 Å². The van der Waals surface area contributed by atoms with Gasteiger partial charge in [-0.1, -0.05) is 50.1 Å². The van der Waals surface area contributed by atoms with Gasteiger partial charge in [0.15, 0.2) is 0 Å². The molecule has 6 heteroatoms. The number of rotatable bonds is 10. The minimum Gasteiger partial charge on any atom is -0.362 e. The van der Waals surface area contributed by atoms with Gasteiger partial charge in [-0.25, -0.2) is 0 Å². The molecule has 3 atom stereocenters. The van der Waals surface area contributed by atoms with Crippen molar-refractivity contribution in [2.75, 3.05) is 13.2 Å². The second-order valence-corrected chi connectivity index (χ2v) is 8.77. The van der Waals surface area contributed by atoms with Crippen LogP contribution in [0.15, 0.2) is 12.7 Å². The molecule has 3 unspecified atom stereocenters. The van der Waals surface area contributed by atoms with Crippen molar-refractivity contribution in [2.24, 2.45) is 0 Å².